The quantitative estimate of drug-likeness (QED) is 0.885. The molecule has 1 unspecified atom stereocenters. The zero-order valence-corrected chi connectivity index (χ0v) is 12.5. The van der Waals surface area contributed by atoms with Crippen molar-refractivity contribution in [2.45, 2.75) is 12.5 Å². The van der Waals surface area contributed by atoms with Crippen molar-refractivity contribution in [3.05, 3.63) is 49.1 Å². The molecule has 0 saturated carbocycles. The molecule has 0 bridgehead atoms. The Morgan fingerprint density at radius 1 is 1.39 bits per heavy atom. The standard InChI is InChI=1S/C13H10BrClO2S/c14-11-2-1-10(18-11)12(16)9-6-8(15)5-7-3-4-17-13(7)9/h1-2,5-6,12,16H,3-4H2. The van der Waals surface area contributed by atoms with Crippen molar-refractivity contribution in [1.29, 1.82) is 0 Å². The van der Waals surface area contributed by atoms with Crippen molar-refractivity contribution in [1.82, 2.24) is 0 Å². The summed E-state index contributed by atoms with van der Waals surface area (Å²) in [6.07, 6.45) is 0.163. The zero-order chi connectivity index (χ0) is 12.7. The Hall–Kier alpha value is -0.550. The third-order valence-corrected chi connectivity index (χ3v) is 4.83. The van der Waals surface area contributed by atoms with Gasteiger partial charge in [-0.15, -0.1) is 11.3 Å². The van der Waals surface area contributed by atoms with Crippen LogP contribution in [0.15, 0.2) is 28.1 Å². The second-order valence-corrected chi connectivity index (χ2v) is 7.06. The summed E-state index contributed by atoms with van der Waals surface area (Å²) in [5, 5.41) is 11.1. The molecule has 3 rings (SSSR count). The third-order valence-electron chi connectivity index (χ3n) is 2.94. The van der Waals surface area contributed by atoms with Crippen LogP contribution < -0.4 is 4.74 Å². The number of hydrogen-bond donors (Lipinski definition) is 1. The Bertz CT molecular complexity index is 597. The summed E-state index contributed by atoms with van der Waals surface area (Å²) in [5.41, 5.74) is 1.83. The molecule has 94 valence electrons. The average Bonchev–Trinajstić information content (AvgIpc) is 2.95. The molecule has 1 aliphatic heterocycles. The predicted molar refractivity (Wildman–Crippen MR) is 76.7 cm³/mol. The fraction of sp³-hybridized carbons (Fsp3) is 0.231. The minimum atomic E-state index is -0.688. The van der Waals surface area contributed by atoms with Gasteiger partial charge in [0.2, 0.25) is 0 Å². The topological polar surface area (TPSA) is 29.5 Å². The van der Waals surface area contributed by atoms with Crippen molar-refractivity contribution in [3.63, 3.8) is 0 Å². The molecular formula is C13H10BrClO2S. The Balaban J connectivity index is 2.06. The average molecular weight is 346 g/mol. The number of aliphatic hydroxyl groups excluding tert-OH is 1. The molecule has 2 nitrogen and oxygen atoms in total. The van der Waals surface area contributed by atoms with Gasteiger partial charge < -0.3 is 9.84 Å². The highest BCUT2D eigenvalue weighted by molar-refractivity contribution is 9.11. The molecule has 1 aromatic heterocycles. The van der Waals surface area contributed by atoms with Gasteiger partial charge in [0.25, 0.3) is 0 Å². The lowest BCUT2D eigenvalue weighted by atomic mass is 10.0. The van der Waals surface area contributed by atoms with Crippen LogP contribution in [-0.2, 0) is 6.42 Å². The van der Waals surface area contributed by atoms with Gasteiger partial charge in [-0.2, -0.15) is 0 Å². The minimum Gasteiger partial charge on any atom is -0.493 e. The summed E-state index contributed by atoms with van der Waals surface area (Å²) in [5.74, 6) is 0.788. The fourth-order valence-corrected chi connectivity index (χ4v) is 3.81. The van der Waals surface area contributed by atoms with Crippen LogP contribution in [0.3, 0.4) is 0 Å². The van der Waals surface area contributed by atoms with E-state index in [1.165, 1.54) is 11.3 Å². The normalized spacial score (nSPS) is 15.3. The van der Waals surface area contributed by atoms with Gasteiger partial charge in [0.15, 0.2) is 0 Å². The van der Waals surface area contributed by atoms with Gasteiger partial charge in [0.1, 0.15) is 11.9 Å². The Morgan fingerprint density at radius 2 is 2.22 bits per heavy atom. The predicted octanol–water partition coefficient (Wildman–Crippen LogP) is 4.18. The van der Waals surface area contributed by atoms with E-state index in [1.807, 2.05) is 18.2 Å². The first-order valence-corrected chi connectivity index (χ1v) is 7.52. The third kappa shape index (κ3) is 2.18. The first-order valence-electron chi connectivity index (χ1n) is 5.53. The monoisotopic (exact) mass is 344 g/mol. The lowest BCUT2D eigenvalue weighted by Crippen LogP contribution is -2.00. The van der Waals surface area contributed by atoms with Gasteiger partial charge in [0.05, 0.1) is 10.4 Å². The van der Waals surface area contributed by atoms with Crippen LogP contribution in [0, 0.1) is 0 Å². The molecule has 0 spiro atoms. The molecule has 0 fully saturated rings. The number of ether oxygens (including phenoxy) is 1. The van der Waals surface area contributed by atoms with Crippen molar-refractivity contribution >= 4 is 38.9 Å². The molecule has 2 aromatic rings. The molecule has 0 amide bonds. The number of fused-ring (bicyclic) bond motifs is 1. The van der Waals surface area contributed by atoms with Crippen LogP contribution in [0.5, 0.6) is 5.75 Å². The maximum Gasteiger partial charge on any atom is 0.128 e. The summed E-state index contributed by atoms with van der Waals surface area (Å²) in [7, 11) is 0. The minimum absolute atomic E-state index is 0.643. The molecule has 0 radical (unpaired) electrons. The van der Waals surface area contributed by atoms with Gasteiger partial charge in [-0.3, -0.25) is 0 Å². The number of halogens is 2. The second-order valence-electron chi connectivity index (χ2n) is 4.13. The molecule has 5 heteroatoms. The molecule has 18 heavy (non-hydrogen) atoms. The van der Waals surface area contributed by atoms with Crippen molar-refractivity contribution in [2.24, 2.45) is 0 Å². The molecule has 1 aromatic carbocycles. The number of aliphatic hydroxyl groups is 1. The SMILES string of the molecule is OC(c1ccc(Br)s1)c1cc(Cl)cc2c1OCC2. The fourth-order valence-electron chi connectivity index (χ4n) is 2.13. The highest BCUT2D eigenvalue weighted by Crippen LogP contribution is 2.40. The van der Waals surface area contributed by atoms with E-state index < -0.39 is 6.10 Å². The molecule has 2 heterocycles. The largest absolute Gasteiger partial charge is 0.493 e. The van der Waals surface area contributed by atoms with E-state index in [4.69, 9.17) is 16.3 Å². The Morgan fingerprint density at radius 3 is 2.94 bits per heavy atom. The van der Waals surface area contributed by atoms with Crippen molar-refractivity contribution in [2.75, 3.05) is 6.61 Å². The summed E-state index contributed by atoms with van der Waals surface area (Å²) < 4.78 is 6.60. The van der Waals surface area contributed by atoms with E-state index in [0.717, 1.165) is 32.0 Å². The first kappa shape index (κ1) is 12.5. The highest BCUT2D eigenvalue weighted by atomic mass is 79.9. The smallest absolute Gasteiger partial charge is 0.128 e. The van der Waals surface area contributed by atoms with Gasteiger partial charge >= 0.3 is 0 Å². The van der Waals surface area contributed by atoms with Crippen LogP contribution in [0.2, 0.25) is 5.02 Å². The summed E-state index contributed by atoms with van der Waals surface area (Å²) in [4.78, 5) is 0.877. The Labute approximate surface area is 122 Å². The van der Waals surface area contributed by atoms with E-state index >= 15 is 0 Å². The van der Waals surface area contributed by atoms with Gasteiger partial charge in [-0.25, -0.2) is 0 Å². The molecule has 1 atom stereocenters. The molecule has 1 N–H and O–H groups in total. The van der Waals surface area contributed by atoms with E-state index in [-0.39, 0.29) is 0 Å². The van der Waals surface area contributed by atoms with E-state index in [9.17, 15) is 5.11 Å². The van der Waals surface area contributed by atoms with Gasteiger partial charge in [0, 0.05) is 21.9 Å². The summed E-state index contributed by atoms with van der Waals surface area (Å²) in [6.45, 7) is 0.656. The number of rotatable bonds is 2. The van der Waals surface area contributed by atoms with Crippen LogP contribution in [0.1, 0.15) is 22.1 Å². The van der Waals surface area contributed by atoms with Crippen LogP contribution in [-0.4, -0.2) is 11.7 Å². The lowest BCUT2D eigenvalue weighted by Gasteiger charge is -2.13. The van der Waals surface area contributed by atoms with Crippen molar-refractivity contribution in [3.8, 4) is 5.75 Å². The maximum absolute atomic E-state index is 10.4. The van der Waals surface area contributed by atoms with Crippen LogP contribution in [0.25, 0.3) is 0 Å². The van der Waals surface area contributed by atoms with Crippen LogP contribution in [0.4, 0.5) is 0 Å². The number of thiophene rings is 1. The molecule has 0 aliphatic carbocycles. The van der Waals surface area contributed by atoms with Crippen molar-refractivity contribution < 1.29 is 9.84 Å². The maximum atomic E-state index is 10.4. The second kappa shape index (κ2) is 4.85. The van der Waals surface area contributed by atoms with E-state index in [2.05, 4.69) is 15.9 Å². The van der Waals surface area contributed by atoms with Gasteiger partial charge in [-0.05, 0) is 45.8 Å². The number of benzene rings is 1. The number of hydrogen-bond acceptors (Lipinski definition) is 3. The van der Waals surface area contributed by atoms with E-state index in [0.29, 0.717) is 11.6 Å². The molecule has 0 saturated heterocycles. The molecule has 1 aliphatic rings. The van der Waals surface area contributed by atoms with Crippen LogP contribution >= 0.6 is 38.9 Å². The zero-order valence-electron chi connectivity index (χ0n) is 9.32. The summed E-state index contributed by atoms with van der Waals surface area (Å²) >= 11 is 11.0. The first-order chi connectivity index (χ1) is 8.65. The van der Waals surface area contributed by atoms with Gasteiger partial charge in [-0.1, -0.05) is 11.6 Å². The Kier molecular flexibility index (Phi) is 3.36. The molecular weight excluding hydrogens is 336 g/mol. The summed E-state index contributed by atoms with van der Waals surface area (Å²) in [6, 6.07) is 7.52. The highest BCUT2D eigenvalue weighted by Gasteiger charge is 2.24. The van der Waals surface area contributed by atoms with E-state index in [1.54, 1.807) is 6.07 Å². The lowest BCUT2D eigenvalue weighted by molar-refractivity contribution is 0.217.